The van der Waals surface area contributed by atoms with Gasteiger partial charge in [0.05, 0.1) is 5.57 Å². The van der Waals surface area contributed by atoms with Crippen LogP contribution in [0.5, 0.6) is 0 Å². The van der Waals surface area contributed by atoms with E-state index in [-0.39, 0.29) is 5.91 Å². The molecule has 2 N–H and O–H groups in total. The van der Waals surface area contributed by atoms with Gasteiger partial charge in [-0.2, -0.15) is 0 Å². The molecule has 1 heterocycles. The molecule has 0 saturated heterocycles. The van der Waals surface area contributed by atoms with Gasteiger partial charge in [0, 0.05) is 19.3 Å². The summed E-state index contributed by atoms with van der Waals surface area (Å²) in [7, 11) is 0. The minimum Gasteiger partial charge on any atom is -0.373 e. The molecule has 1 radical (unpaired) electrons. The Labute approximate surface area is 66.2 Å². The van der Waals surface area contributed by atoms with Crippen molar-refractivity contribution in [3.8, 4) is 0 Å². The van der Waals surface area contributed by atoms with Crippen molar-refractivity contribution in [2.75, 3.05) is 13.1 Å². The van der Waals surface area contributed by atoms with Crippen molar-refractivity contribution in [2.24, 2.45) is 5.73 Å². The molecule has 3 nitrogen and oxygen atoms in total. The van der Waals surface area contributed by atoms with Gasteiger partial charge in [-0.15, -0.1) is 0 Å². The molecule has 0 fully saturated rings. The van der Waals surface area contributed by atoms with Crippen molar-refractivity contribution >= 4 is 5.91 Å². The second kappa shape index (κ2) is 3.23. The largest absolute Gasteiger partial charge is 0.373 e. The summed E-state index contributed by atoms with van der Waals surface area (Å²) in [5.74, 6) is -0.389. The van der Waals surface area contributed by atoms with Gasteiger partial charge in [0.15, 0.2) is 0 Å². The van der Waals surface area contributed by atoms with E-state index in [1.54, 1.807) is 12.3 Å². The van der Waals surface area contributed by atoms with Crippen LogP contribution in [0.2, 0.25) is 0 Å². The standard InChI is InChI=1S/C8H11N2O/c1-2-10-5-3-4-7(6-10)8(9)11/h3-4,6H,1-2,5H2,(H2,9,11). The quantitative estimate of drug-likeness (QED) is 0.606. The van der Waals surface area contributed by atoms with E-state index in [0.29, 0.717) is 12.1 Å². The third-order valence-electron chi connectivity index (χ3n) is 1.53. The molecule has 0 saturated carbocycles. The summed E-state index contributed by atoms with van der Waals surface area (Å²) in [5.41, 5.74) is 5.62. The smallest absolute Gasteiger partial charge is 0.250 e. The Balaban J connectivity index is 2.71. The topological polar surface area (TPSA) is 46.3 Å². The summed E-state index contributed by atoms with van der Waals surface area (Å²) in [5, 5.41) is 0. The predicted octanol–water partition coefficient (Wildman–Crippen LogP) is 0.0615. The lowest BCUT2D eigenvalue weighted by Gasteiger charge is -2.19. The van der Waals surface area contributed by atoms with Gasteiger partial charge >= 0.3 is 0 Å². The van der Waals surface area contributed by atoms with Gasteiger partial charge in [0.1, 0.15) is 0 Å². The third kappa shape index (κ3) is 1.83. The monoisotopic (exact) mass is 151 g/mol. The first kappa shape index (κ1) is 7.85. The Morgan fingerprint density at radius 1 is 1.82 bits per heavy atom. The maximum atomic E-state index is 10.7. The summed E-state index contributed by atoms with van der Waals surface area (Å²) < 4.78 is 0. The number of carbonyl (C=O) groups is 1. The zero-order valence-electron chi connectivity index (χ0n) is 6.29. The summed E-state index contributed by atoms with van der Waals surface area (Å²) in [6, 6.07) is 0. The molecule has 3 heteroatoms. The number of amides is 1. The highest BCUT2D eigenvalue weighted by molar-refractivity contribution is 5.94. The maximum absolute atomic E-state index is 10.7. The summed E-state index contributed by atoms with van der Waals surface area (Å²) in [6.07, 6.45) is 5.36. The molecule has 1 amide bonds. The SMILES string of the molecule is [CH2]CN1C=C(C(N)=O)C=CC1. The van der Waals surface area contributed by atoms with Crippen molar-refractivity contribution in [1.29, 1.82) is 0 Å². The molecule has 0 unspecified atom stereocenters. The lowest BCUT2D eigenvalue weighted by Crippen LogP contribution is -2.24. The Bertz CT molecular complexity index is 218. The fraction of sp³-hybridized carbons (Fsp3) is 0.250. The van der Waals surface area contributed by atoms with Crippen LogP contribution in [0.4, 0.5) is 0 Å². The molecule has 0 atom stereocenters. The van der Waals surface area contributed by atoms with E-state index in [1.165, 1.54) is 0 Å². The second-order valence-corrected chi connectivity index (χ2v) is 2.35. The van der Waals surface area contributed by atoms with Crippen molar-refractivity contribution < 1.29 is 4.79 Å². The summed E-state index contributed by atoms with van der Waals surface area (Å²) in [6.45, 7) is 5.16. The fourth-order valence-corrected chi connectivity index (χ4v) is 0.909. The molecule has 0 aromatic heterocycles. The number of rotatable bonds is 2. The van der Waals surface area contributed by atoms with E-state index in [9.17, 15) is 4.79 Å². The van der Waals surface area contributed by atoms with Crippen molar-refractivity contribution in [3.63, 3.8) is 0 Å². The average molecular weight is 151 g/mol. The molecule has 1 rings (SSSR count). The molecule has 1 aliphatic rings. The number of hydrogen-bond acceptors (Lipinski definition) is 2. The van der Waals surface area contributed by atoms with Gasteiger partial charge in [-0.3, -0.25) is 4.79 Å². The normalized spacial score (nSPS) is 16.5. The van der Waals surface area contributed by atoms with Crippen LogP contribution in [0.1, 0.15) is 0 Å². The highest BCUT2D eigenvalue weighted by Gasteiger charge is 2.06. The van der Waals surface area contributed by atoms with Crippen LogP contribution >= 0.6 is 0 Å². The first-order valence-corrected chi connectivity index (χ1v) is 3.45. The predicted molar refractivity (Wildman–Crippen MR) is 43.3 cm³/mol. The zero-order chi connectivity index (χ0) is 8.27. The zero-order valence-corrected chi connectivity index (χ0v) is 6.29. The van der Waals surface area contributed by atoms with Gasteiger partial charge < -0.3 is 10.6 Å². The van der Waals surface area contributed by atoms with E-state index >= 15 is 0 Å². The Morgan fingerprint density at radius 3 is 3.09 bits per heavy atom. The van der Waals surface area contributed by atoms with Gasteiger partial charge in [-0.1, -0.05) is 12.2 Å². The van der Waals surface area contributed by atoms with Crippen LogP contribution in [0, 0.1) is 6.92 Å². The molecule has 0 bridgehead atoms. The summed E-state index contributed by atoms with van der Waals surface area (Å²) in [4.78, 5) is 12.6. The van der Waals surface area contributed by atoms with Crippen LogP contribution in [0.25, 0.3) is 0 Å². The van der Waals surface area contributed by atoms with Crippen molar-refractivity contribution in [3.05, 3.63) is 30.8 Å². The molecular weight excluding hydrogens is 140 g/mol. The van der Waals surface area contributed by atoms with Gasteiger partial charge in [0.2, 0.25) is 5.91 Å². The molecular formula is C8H11N2O. The second-order valence-electron chi connectivity index (χ2n) is 2.35. The van der Waals surface area contributed by atoms with Crippen molar-refractivity contribution in [2.45, 2.75) is 0 Å². The number of nitrogens with zero attached hydrogens (tertiary/aromatic N) is 1. The summed E-state index contributed by atoms with van der Waals surface area (Å²) >= 11 is 0. The lowest BCUT2D eigenvalue weighted by atomic mass is 10.2. The van der Waals surface area contributed by atoms with Crippen LogP contribution in [0.15, 0.2) is 23.9 Å². The van der Waals surface area contributed by atoms with E-state index in [2.05, 4.69) is 6.92 Å². The highest BCUT2D eigenvalue weighted by Crippen LogP contribution is 2.05. The van der Waals surface area contributed by atoms with Crippen molar-refractivity contribution in [1.82, 2.24) is 4.90 Å². The van der Waals surface area contributed by atoms with Crippen LogP contribution < -0.4 is 5.73 Å². The Kier molecular flexibility index (Phi) is 2.31. The Morgan fingerprint density at radius 2 is 2.55 bits per heavy atom. The highest BCUT2D eigenvalue weighted by atomic mass is 16.1. The molecule has 0 spiro atoms. The van der Waals surface area contributed by atoms with Gasteiger partial charge in [0.25, 0.3) is 0 Å². The number of nitrogens with two attached hydrogens (primary N) is 1. The molecule has 0 aliphatic carbocycles. The maximum Gasteiger partial charge on any atom is 0.250 e. The van der Waals surface area contributed by atoms with E-state index in [0.717, 1.165) is 6.54 Å². The number of primary amides is 1. The van der Waals surface area contributed by atoms with Crippen LogP contribution in [-0.4, -0.2) is 23.9 Å². The molecule has 0 aromatic carbocycles. The number of carbonyl (C=O) groups excluding carboxylic acids is 1. The van der Waals surface area contributed by atoms with E-state index in [4.69, 9.17) is 5.73 Å². The first-order chi connectivity index (χ1) is 5.24. The average Bonchev–Trinajstić information content (AvgIpc) is 2.05. The third-order valence-corrected chi connectivity index (χ3v) is 1.53. The minimum atomic E-state index is -0.389. The molecule has 1 aliphatic heterocycles. The van der Waals surface area contributed by atoms with Crippen LogP contribution in [-0.2, 0) is 4.79 Å². The van der Waals surface area contributed by atoms with E-state index in [1.807, 2.05) is 11.0 Å². The first-order valence-electron chi connectivity index (χ1n) is 3.45. The number of hydrogen-bond donors (Lipinski definition) is 1. The molecule has 0 aromatic rings. The fourth-order valence-electron chi connectivity index (χ4n) is 0.909. The Hall–Kier alpha value is -1.25. The van der Waals surface area contributed by atoms with Gasteiger partial charge in [-0.05, 0) is 6.92 Å². The minimum absolute atomic E-state index is 0.389. The molecule has 59 valence electrons. The lowest BCUT2D eigenvalue weighted by molar-refractivity contribution is -0.114. The van der Waals surface area contributed by atoms with Gasteiger partial charge in [-0.25, -0.2) is 0 Å². The molecule has 11 heavy (non-hydrogen) atoms. The van der Waals surface area contributed by atoms with E-state index < -0.39 is 0 Å². The van der Waals surface area contributed by atoms with Crippen LogP contribution in [0.3, 0.4) is 0 Å².